The fourth-order valence-electron chi connectivity index (χ4n) is 6.40. The maximum Gasteiger partial charge on any atom is 0.138 e. The van der Waals surface area contributed by atoms with Crippen molar-refractivity contribution in [2.45, 2.75) is 9.75 Å². The number of thioether (sulfide) groups is 1. The zero-order valence-electron chi connectivity index (χ0n) is 25.5. The molecule has 0 N–H and O–H groups in total. The third-order valence-corrected chi connectivity index (χ3v) is 10.8. The predicted molar refractivity (Wildman–Crippen MR) is 192 cm³/mol. The van der Waals surface area contributed by atoms with Crippen LogP contribution in [0.25, 0.3) is 38.6 Å². The van der Waals surface area contributed by atoms with Gasteiger partial charge in [-0.3, -0.25) is 9.08 Å². The third kappa shape index (κ3) is 5.08. The predicted octanol–water partition coefficient (Wildman–Crippen LogP) is 10.3. The lowest BCUT2D eigenvalue weighted by Gasteiger charge is -2.36. The van der Waals surface area contributed by atoms with E-state index in [0.29, 0.717) is 0 Å². The average molecular weight is 649 g/mol. The molecule has 4 aromatic heterocycles. The number of nitrogens with zero attached hydrogens (tertiary/aromatic N) is 4. The first kappa shape index (κ1) is 29.2. The number of aromatic nitrogens is 4. The highest BCUT2D eigenvalue weighted by molar-refractivity contribution is 8.00. The van der Waals surface area contributed by atoms with Gasteiger partial charge in [0.05, 0.1) is 21.0 Å². The van der Waals surface area contributed by atoms with Gasteiger partial charge in [0.2, 0.25) is 0 Å². The zero-order chi connectivity index (χ0) is 31.8. The van der Waals surface area contributed by atoms with Crippen LogP contribution in [0.5, 0.6) is 0 Å². The van der Waals surface area contributed by atoms with Gasteiger partial charge in [0.1, 0.15) is 22.7 Å². The summed E-state index contributed by atoms with van der Waals surface area (Å²) in [7, 11) is 0. The Balaban J connectivity index is 1.42. The van der Waals surface area contributed by atoms with E-state index >= 15 is 0 Å². The number of benzene rings is 4. The van der Waals surface area contributed by atoms with E-state index in [1.54, 1.807) is 35.2 Å². The van der Waals surface area contributed by atoms with Gasteiger partial charge in [-0.15, -0.1) is 23.1 Å². The largest absolute Gasteiger partial charge is 0.298 e. The van der Waals surface area contributed by atoms with Crippen molar-refractivity contribution in [2.24, 2.45) is 0 Å². The topological polar surface area (TPSA) is 35.1 Å². The van der Waals surface area contributed by atoms with Gasteiger partial charge in [-0.1, -0.05) is 91.0 Å². The van der Waals surface area contributed by atoms with Crippen LogP contribution < -0.4 is 0 Å². The molecule has 4 nitrogen and oxygen atoms in total. The summed E-state index contributed by atoms with van der Waals surface area (Å²) in [6.07, 6.45) is 8.31. The Morgan fingerprint density at radius 1 is 0.660 bits per heavy atom. The first-order valence-electron chi connectivity index (χ1n) is 15.3. The second kappa shape index (κ2) is 12.2. The molecular formula is C40H29FN4S2. The minimum Gasteiger partial charge on any atom is -0.298 e. The van der Waals surface area contributed by atoms with Crippen molar-refractivity contribution in [3.63, 3.8) is 0 Å². The van der Waals surface area contributed by atoms with Gasteiger partial charge >= 0.3 is 0 Å². The van der Waals surface area contributed by atoms with Crippen LogP contribution in [0, 0.1) is 5.82 Å². The zero-order valence-corrected chi connectivity index (χ0v) is 27.1. The SMILES string of the molecule is CSc1ccc(-c2cnc3ccc(-c4cn(C(c5ccccc5)(c5ccccc5)c5ccccc5)nc4-c4ccc(F)cc4)cn23)s1. The van der Waals surface area contributed by atoms with Gasteiger partial charge in [0.25, 0.3) is 0 Å². The van der Waals surface area contributed by atoms with Crippen molar-refractivity contribution >= 4 is 28.7 Å². The smallest absolute Gasteiger partial charge is 0.138 e. The molecule has 0 bridgehead atoms. The Morgan fingerprint density at radius 2 is 1.26 bits per heavy atom. The number of rotatable bonds is 8. The standard InChI is InChI=1S/C40H29FN4S2/c1-46-38-24-22-36(47-38)35-25-42-37-23-19-29(26-44(35)37)34-27-45(43-39(34)28-17-20-33(41)21-18-28)40(30-11-5-2-6-12-30,31-13-7-3-8-14-31)32-15-9-4-10-16-32/h2-27H,1H3. The number of halogens is 1. The highest BCUT2D eigenvalue weighted by atomic mass is 32.2. The number of fused-ring (bicyclic) bond motifs is 1. The van der Waals surface area contributed by atoms with E-state index in [2.05, 4.69) is 119 Å². The minimum atomic E-state index is -0.799. The van der Waals surface area contributed by atoms with E-state index in [1.807, 2.05) is 30.5 Å². The van der Waals surface area contributed by atoms with Crippen LogP contribution in [0.4, 0.5) is 4.39 Å². The van der Waals surface area contributed by atoms with E-state index in [9.17, 15) is 4.39 Å². The van der Waals surface area contributed by atoms with Gasteiger partial charge in [0.15, 0.2) is 0 Å². The molecule has 0 aliphatic heterocycles. The normalized spacial score (nSPS) is 11.7. The summed E-state index contributed by atoms with van der Waals surface area (Å²) in [5.74, 6) is -0.285. The summed E-state index contributed by atoms with van der Waals surface area (Å²) in [5, 5.41) is 5.42. The van der Waals surface area contributed by atoms with Crippen LogP contribution in [0.2, 0.25) is 0 Å². The molecule has 47 heavy (non-hydrogen) atoms. The van der Waals surface area contributed by atoms with Gasteiger partial charge in [-0.25, -0.2) is 9.37 Å². The van der Waals surface area contributed by atoms with Gasteiger partial charge < -0.3 is 0 Å². The number of pyridine rings is 1. The molecule has 7 heteroatoms. The molecule has 0 amide bonds. The molecule has 4 aromatic carbocycles. The average Bonchev–Trinajstić information content (AvgIpc) is 3.89. The molecule has 0 spiro atoms. The summed E-state index contributed by atoms with van der Waals surface area (Å²) >= 11 is 3.50. The van der Waals surface area contributed by atoms with Crippen molar-refractivity contribution < 1.29 is 4.39 Å². The van der Waals surface area contributed by atoms with Crippen molar-refractivity contribution in [1.82, 2.24) is 19.2 Å². The fourth-order valence-corrected chi connectivity index (χ4v) is 7.95. The van der Waals surface area contributed by atoms with E-state index < -0.39 is 5.54 Å². The molecule has 8 rings (SSSR count). The monoisotopic (exact) mass is 648 g/mol. The summed E-state index contributed by atoms with van der Waals surface area (Å²) in [4.78, 5) is 5.88. The second-order valence-electron chi connectivity index (χ2n) is 11.3. The van der Waals surface area contributed by atoms with Crippen LogP contribution in [0.15, 0.2) is 162 Å². The Hall–Kier alpha value is -5.24. The van der Waals surface area contributed by atoms with Gasteiger partial charge in [-0.05, 0) is 71.5 Å². The lowest BCUT2D eigenvalue weighted by atomic mass is 9.77. The number of imidazole rings is 1. The van der Waals surface area contributed by atoms with Crippen LogP contribution in [-0.4, -0.2) is 25.4 Å². The molecule has 0 atom stereocenters. The van der Waals surface area contributed by atoms with Crippen LogP contribution in [0.3, 0.4) is 0 Å². The van der Waals surface area contributed by atoms with Crippen LogP contribution in [0.1, 0.15) is 16.7 Å². The molecule has 0 fully saturated rings. The van der Waals surface area contributed by atoms with Crippen molar-refractivity contribution in [3.05, 3.63) is 181 Å². The molecule has 0 aliphatic rings. The first-order chi connectivity index (χ1) is 23.1. The molecule has 0 saturated heterocycles. The summed E-state index contributed by atoms with van der Waals surface area (Å²) in [6.45, 7) is 0. The molecule has 228 valence electrons. The number of hydrogen-bond acceptors (Lipinski definition) is 4. The molecule has 4 heterocycles. The summed E-state index contributed by atoms with van der Waals surface area (Å²) in [5.41, 5.74) is 7.84. The number of hydrogen-bond donors (Lipinski definition) is 0. The number of thiophene rings is 1. The van der Waals surface area contributed by atoms with Crippen molar-refractivity contribution in [2.75, 3.05) is 6.26 Å². The first-order valence-corrected chi connectivity index (χ1v) is 17.3. The Bertz CT molecular complexity index is 2190. The Kier molecular flexibility index (Phi) is 7.56. The van der Waals surface area contributed by atoms with E-state index in [0.717, 1.165) is 55.3 Å². The third-order valence-electron chi connectivity index (χ3n) is 8.60. The second-order valence-corrected chi connectivity index (χ2v) is 13.5. The molecule has 0 aliphatic carbocycles. The molecule has 0 radical (unpaired) electrons. The molecule has 0 saturated carbocycles. The Morgan fingerprint density at radius 3 is 1.83 bits per heavy atom. The highest BCUT2D eigenvalue weighted by Crippen LogP contribution is 2.43. The van der Waals surface area contributed by atoms with Crippen molar-refractivity contribution in [3.8, 4) is 33.0 Å². The molecule has 0 unspecified atom stereocenters. The maximum atomic E-state index is 14.2. The lowest BCUT2D eigenvalue weighted by molar-refractivity contribution is 0.461. The fraction of sp³-hybridized carbons (Fsp3) is 0.0500. The highest BCUT2D eigenvalue weighted by Gasteiger charge is 2.40. The van der Waals surface area contributed by atoms with Crippen LogP contribution >= 0.6 is 23.1 Å². The van der Waals surface area contributed by atoms with Crippen molar-refractivity contribution in [1.29, 1.82) is 0 Å². The van der Waals surface area contributed by atoms with E-state index in [4.69, 9.17) is 10.1 Å². The van der Waals surface area contributed by atoms with Gasteiger partial charge in [-0.2, -0.15) is 5.10 Å². The van der Waals surface area contributed by atoms with E-state index in [-0.39, 0.29) is 5.82 Å². The lowest BCUT2D eigenvalue weighted by Crippen LogP contribution is -2.38. The maximum absolute atomic E-state index is 14.2. The van der Waals surface area contributed by atoms with Gasteiger partial charge in [0, 0.05) is 29.1 Å². The molecular weight excluding hydrogens is 620 g/mol. The summed E-state index contributed by atoms with van der Waals surface area (Å²) in [6, 6.07) is 46.6. The summed E-state index contributed by atoms with van der Waals surface area (Å²) < 4.78 is 19.7. The van der Waals surface area contributed by atoms with Crippen LogP contribution in [-0.2, 0) is 5.54 Å². The molecule has 8 aromatic rings. The quantitative estimate of drug-likeness (QED) is 0.122. The minimum absolute atomic E-state index is 0.285. The van der Waals surface area contributed by atoms with E-state index in [1.165, 1.54) is 16.3 Å². The Labute approximate surface area is 280 Å².